The number of anilines is 1. The fraction of sp³-hybridized carbons (Fsp3) is 0.233. The summed E-state index contributed by atoms with van der Waals surface area (Å²) in [4.78, 5) is 30.8. The van der Waals surface area contributed by atoms with E-state index in [2.05, 4.69) is 10.3 Å². The van der Waals surface area contributed by atoms with Gasteiger partial charge in [-0.1, -0.05) is 12.1 Å². The molecule has 1 aliphatic heterocycles. The molecular weight excluding hydrogens is 575 g/mol. The average Bonchev–Trinajstić information content (AvgIpc) is 3.37. The lowest BCUT2D eigenvalue weighted by Gasteiger charge is -2.31. The van der Waals surface area contributed by atoms with Crippen LogP contribution in [0.4, 0.5) is 27.8 Å². The zero-order valence-corrected chi connectivity index (χ0v) is 22.9. The van der Waals surface area contributed by atoms with Crippen molar-refractivity contribution < 1.29 is 31.5 Å². The quantitative estimate of drug-likeness (QED) is 0.189. The minimum absolute atomic E-state index is 0.0361. The number of alkyl halides is 5. The molecule has 218 valence electrons. The number of rotatable bonds is 6. The van der Waals surface area contributed by atoms with Gasteiger partial charge in [0.1, 0.15) is 5.82 Å². The molecule has 6 nitrogen and oxygen atoms in total. The maximum atomic E-state index is 14.1. The summed E-state index contributed by atoms with van der Waals surface area (Å²) in [6.07, 6.45) is -1.07. The van der Waals surface area contributed by atoms with Gasteiger partial charge in [-0.05, 0) is 70.6 Å². The second-order valence-electron chi connectivity index (χ2n) is 9.95. The van der Waals surface area contributed by atoms with E-state index < -0.39 is 42.3 Å². The lowest BCUT2D eigenvalue weighted by atomic mass is 9.99. The van der Waals surface area contributed by atoms with Gasteiger partial charge < -0.3 is 16.0 Å². The van der Waals surface area contributed by atoms with Crippen LogP contribution < -0.4 is 11.1 Å². The summed E-state index contributed by atoms with van der Waals surface area (Å²) < 4.78 is 69.1. The minimum Gasteiger partial charge on any atom is -0.384 e. The molecule has 1 aliphatic rings. The SMILES string of the molecule is Nc1ccc(/C=C/C(=O)NCc2cc3cc(-c4ccc(C(=O)N5CCC(F)(F)CC5)cc4)cc(C(F)(F)F)c3s2)cn1. The molecule has 0 atom stereocenters. The van der Waals surface area contributed by atoms with Crippen molar-refractivity contribution >= 4 is 45.1 Å². The summed E-state index contributed by atoms with van der Waals surface area (Å²) in [5.74, 6) is -3.25. The van der Waals surface area contributed by atoms with Crippen LogP contribution >= 0.6 is 11.3 Å². The topological polar surface area (TPSA) is 88.3 Å². The van der Waals surface area contributed by atoms with Crippen LogP contribution in [0, 0.1) is 0 Å². The van der Waals surface area contributed by atoms with Crippen molar-refractivity contribution in [2.75, 3.05) is 18.8 Å². The molecule has 4 aromatic rings. The van der Waals surface area contributed by atoms with Crippen LogP contribution in [0.5, 0.6) is 0 Å². The van der Waals surface area contributed by atoms with Gasteiger partial charge in [0.2, 0.25) is 5.91 Å². The molecule has 2 aromatic carbocycles. The molecule has 42 heavy (non-hydrogen) atoms. The third-order valence-corrected chi connectivity index (χ3v) is 8.08. The van der Waals surface area contributed by atoms with E-state index in [1.165, 1.54) is 29.3 Å². The summed E-state index contributed by atoms with van der Waals surface area (Å²) in [6, 6.07) is 13.7. The van der Waals surface area contributed by atoms with Crippen LogP contribution in [0.2, 0.25) is 0 Å². The predicted molar refractivity (Wildman–Crippen MR) is 152 cm³/mol. The first-order valence-electron chi connectivity index (χ1n) is 13.0. The van der Waals surface area contributed by atoms with Crippen LogP contribution in [0.25, 0.3) is 27.3 Å². The number of benzene rings is 2. The number of piperidine rings is 1. The number of pyridine rings is 1. The van der Waals surface area contributed by atoms with Crippen molar-refractivity contribution in [3.05, 3.63) is 88.4 Å². The molecule has 2 aromatic heterocycles. The largest absolute Gasteiger partial charge is 0.417 e. The van der Waals surface area contributed by atoms with Gasteiger partial charge in [-0.2, -0.15) is 13.2 Å². The highest BCUT2D eigenvalue weighted by Crippen LogP contribution is 2.41. The van der Waals surface area contributed by atoms with E-state index in [1.807, 2.05) is 0 Å². The fourth-order valence-electron chi connectivity index (χ4n) is 4.62. The number of fused-ring (bicyclic) bond motifs is 1. The van der Waals surface area contributed by atoms with Gasteiger partial charge in [-0.15, -0.1) is 11.3 Å². The minimum atomic E-state index is -4.62. The number of carbonyl (C=O) groups is 2. The van der Waals surface area contributed by atoms with Crippen molar-refractivity contribution in [3.8, 4) is 11.1 Å². The number of aromatic nitrogens is 1. The van der Waals surface area contributed by atoms with E-state index in [1.54, 1.807) is 42.5 Å². The Bertz CT molecular complexity index is 1640. The summed E-state index contributed by atoms with van der Waals surface area (Å²) >= 11 is 0.948. The molecular formula is C30H25F5N4O2S. The molecule has 1 fully saturated rings. The average molecular weight is 601 g/mol. The molecule has 0 radical (unpaired) electrons. The Morgan fingerprint density at radius 1 is 1.02 bits per heavy atom. The van der Waals surface area contributed by atoms with Crippen LogP contribution in [0.1, 0.15) is 39.2 Å². The second-order valence-corrected chi connectivity index (χ2v) is 11.1. The number of nitrogens with one attached hydrogen (secondary N) is 1. The maximum absolute atomic E-state index is 14.1. The summed E-state index contributed by atoms with van der Waals surface area (Å²) in [6.45, 7) is -0.0820. The Morgan fingerprint density at radius 3 is 2.38 bits per heavy atom. The number of likely N-dealkylation sites (tertiary alicyclic amines) is 1. The van der Waals surface area contributed by atoms with Gasteiger partial charge >= 0.3 is 6.18 Å². The molecule has 0 bridgehead atoms. The number of nitrogen functional groups attached to an aromatic ring is 1. The van der Waals surface area contributed by atoms with Gasteiger partial charge in [0, 0.05) is 53.3 Å². The number of hydrogen-bond donors (Lipinski definition) is 2. The molecule has 0 spiro atoms. The number of amides is 2. The van der Waals surface area contributed by atoms with Gasteiger partial charge in [0.25, 0.3) is 11.8 Å². The number of carbonyl (C=O) groups excluding carboxylic acids is 2. The molecule has 2 amide bonds. The molecule has 3 N–H and O–H groups in total. The third kappa shape index (κ3) is 6.76. The molecule has 3 heterocycles. The predicted octanol–water partition coefficient (Wildman–Crippen LogP) is 6.77. The zero-order chi connectivity index (χ0) is 30.1. The summed E-state index contributed by atoms with van der Waals surface area (Å²) in [5.41, 5.74) is 6.44. The van der Waals surface area contributed by atoms with E-state index in [9.17, 15) is 31.5 Å². The molecule has 12 heteroatoms. The molecule has 5 rings (SSSR count). The molecule has 1 saturated heterocycles. The first-order chi connectivity index (χ1) is 19.9. The Hall–Kier alpha value is -4.32. The highest BCUT2D eigenvalue weighted by molar-refractivity contribution is 7.19. The van der Waals surface area contributed by atoms with Crippen LogP contribution in [-0.2, 0) is 17.5 Å². The van der Waals surface area contributed by atoms with Crippen molar-refractivity contribution in [3.63, 3.8) is 0 Å². The van der Waals surface area contributed by atoms with Gasteiger partial charge in [0.15, 0.2) is 0 Å². The Kier molecular flexibility index (Phi) is 8.00. The number of halogens is 5. The number of hydrogen-bond acceptors (Lipinski definition) is 5. The summed E-state index contributed by atoms with van der Waals surface area (Å²) in [5, 5.41) is 3.04. The number of nitrogens with two attached hydrogens (primary N) is 1. The Morgan fingerprint density at radius 2 is 1.74 bits per heavy atom. The fourth-order valence-corrected chi connectivity index (χ4v) is 5.73. The number of nitrogens with zero attached hydrogens (tertiary/aromatic N) is 2. The van der Waals surface area contributed by atoms with Crippen molar-refractivity contribution in [1.82, 2.24) is 15.2 Å². The molecule has 0 aliphatic carbocycles. The molecule has 0 saturated carbocycles. The smallest absolute Gasteiger partial charge is 0.384 e. The van der Waals surface area contributed by atoms with Crippen molar-refractivity contribution in [2.24, 2.45) is 0 Å². The van der Waals surface area contributed by atoms with Gasteiger partial charge in [0.05, 0.1) is 12.1 Å². The lowest BCUT2D eigenvalue weighted by molar-refractivity contribution is -0.136. The van der Waals surface area contributed by atoms with E-state index in [0.717, 1.165) is 17.4 Å². The maximum Gasteiger partial charge on any atom is 0.417 e. The lowest BCUT2D eigenvalue weighted by Crippen LogP contribution is -2.42. The monoisotopic (exact) mass is 600 g/mol. The van der Waals surface area contributed by atoms with Crippen molar-refractivity contribution in [1.29, 1.82) is 0 Å². The van der Waals surface area contributed by atoms with Crippen LogP contribution in [0.3, 0.4) is 0 Å². The third-order valence-electron chi connectivity index (χ3n) is 6.89. The molecule has 0 unspecified atom stereocenters. The standard InChI is InChI=1S/C30H25F5N4O2S/c31-29(32)9-11-39(12-10-29)28(41)20-5-3-19(4-6-20)21-13-22-14-23(42-27(22)24(15-21)30(33,34)35)17-38-26(40)8-2-18-1-7-25(36)37-16-18/h1-8,13-16H,9-12,17H2,(H2,36,37)(H,38,40)/b8-2+. The van der Waals surface area contributed by atoms with Crippen LogP contribution in [0.15, 0.2) is 66.9 Å². The Balaban J connectivity index is 1.33. The van der Waals surface area contributed by atoms with E-state index in [-0.39, 0.29) is 29.9 Å². The normalized spacial score (nSPS) is 15.3. The second kappa shape index (κ2) is 11.5. The van der Waals surface area contributed by atoms with Crippen LogP contribution in [-0.4, -0.2) is 40.7 Å². The van der Waals surface area contributed by atoms with Crippen molar-refractivity contribution in [2.45, 2.75) is 31.5 Å². The van der Waals surface area contributed by atoms with Gasteiger partial charge in [-0.3, -0.25) is 9.59 Å². The van der Waals surface area contributed by atoms with E-state index >= 15 is 0 Å². The highest BCUT2D eigenvalue weighted by atomic mass is 32.1. The number of thiophene rings is 1. The summed E-state index contributed by atoms with van der Waals surface area (Å²) in [7, 11) is 0. The first-order valence-corrected chi connectivity index (χ1v) is 13.8. The van der Waals surface area contributed by atoms with Gasteiger partial charge in [-0.25, -0.2) is 13.8 Å². The van der Waals surface area contributed by atoms with E-state index in [4.69, 9.17) is 5.73 Å². The highest BCUT2D eigenvalue weighted by Gasteiger charge is 2.36. The Labute approximate surface area is 241 Å². The first kappa shape index (κ1) is 29.2. The zero-order valence-electron chi connectivity index (χ0n) is 22.1. The van der Waals surface area contributed by atoms with E-state index in [0.29, 0.717) is 32.8 Å².